The summed E-state index contributed by atoms with van der Waals surface area (Å²) in [4.78, 5) is 15.4. The van der Waals surface area contributed by atoms with Crippen LogP contribution in [0.3, 0.4) is 0 Å². The van der Waals surface area contributed by atoms with Gasteiger partial charge in [-0.15, -0.1) is 11.3 Å². The zero-order chi connectivity index (χ0) is 10.8. The van der Waals surface area contributed by atoms with E-state index < -0.39 is 0 Å². The summed E-state index contributed by atoms with van der Waals surface area (Å²) in [6.07, 6.45) is 0.282. The summed E-state index contributed by atoms with van der Waals surface area (Å²) in [5.74, 6) is -0.0410. The number of halogens is 1. The minimum atomic E-state index is -0.279. The van der Waals surface area contributed by atoms with Crippen molar-refractivity contribution in [2.75, 3.05) is 5.75 Å². The quantitative estimate of drug-likeness (QED) is 0.837. The average Bonchev–Trinajstić information content (AvgIpc) is 2.59. The van der Waals surface area contributed by atoms with Gasteiger partial charge < -0.3 is 0 Å². The fourth-order valence-corrected chi connectivity index (χ4v) is 2.38. The molecule has 0 aliphatic carbocycles. The molecule has 5 heteroatoms. The van der Waals surface area contributed by atoms with Gasteiger partial charge >= 0.3 is 0 Å². The van der Waals surface area contributed by atoms with Gasteiger partial charge in [-0.3, -0.25) is 4.79 Å². The zero-order valence-corrected chi connectivity index (χ0v) is 9.45. The van der Waals surface area contributed by atoms with Crippen molar-refractivity contribution in [3.8, 4) is 0 Å². The minimum Gasteiger partial charge on any atom is -0.298 e. The van der Waals surface area contributed by atoms with Crippen LogP contribution in [0.5, 0.6) is 0 Å². The van der Waals surface area contributed by atoms with Crippen LogP contribution < -0.4 is 0 Å². The molecule has 15 heavy (non-hydrogen) atoms. The molecule has 0 aliphatic heterocycles. The van der Waals surface area contributed by atoms with Crippen LogP contribution in [-0.2, 0) is 11.2 Å². The molecule has 0 N–H and O–H groups in total. The Morgan fingerprint density at radius 1 is 1.53 bits per heavy atom. The second-order valence-corrected chi connectivity index (χ2v) is 4.52. The highest BCUT2D eigenvalue weighted by molar-refractivity contribution is 7.81. The molecule has 78 valence electrons. The van der Waals surface area contributed by atoms with Gasteiger partial charge in [-0.05, 0) is 18.2 Å². The lowest BCUT2D eigenvalue weighted by molar-refractivity contribution is -0.115. The van der Waals surface area contributed by atoms with E-state index in [9.17, 15) is 9.18 Å². The van der Waals surface area contributed by atoms with E-state index in [-0.39, 0.29) is 23.8 Å². The number of fused-ring (bicyclic) bond motifs is 1. The van der Waals surface area contributed by atoms with Gasteiger partial charge in [0.25, 0.3) is 0 Å². The topological polar surface area (TPSA) is 30.0 Å². The highest BCUT2D eigenvalue weighted by Gasteiger charge is 2.08. The third-order valence-electron chi connectivity index (χ3n) is 1.92. The first-order valence-corrected chi connectivity index (χ1v) is 5.81. The number of Topliss-reactive ketones (excluding diaryl/α,β-unsaturated/α-hetero) is 1. The minimum absolute atomic E-state index is 0.0258. The summed E-state index contributed by atoms with van der Waals surface area (Å²) < 4.78 is 13.6. The van der Waals surface area contributed by atoms with Gasteiger partial charge in [-0.1, -0.05) is 0 Å². The van der Waals surface area contributed by atoms with E-state index >= 15 is 0 Å². The van der Waals surface area contributed by atoms with Crippen LogP contribution in [-0.4, -0.2) is 16.5 Å². The third-order valence-corrected chi connectivity index (χ3v) is 3.29. The highest BCUT2D eigenvalue weighted by atomic mass is 32.1. The largest absolute Gasteiger partial charge is 0.298 e. The van der Waals surface area contributed by atoms with Gasteiger partial charge in [0.1, 0.15) is 16.6 Å². The van der Waals surface area contributed by atoms with Crippen LogP contribution in [0.4, 0.5) is 4.39 Å². The van der Waals surface area contributed by atoms with E-state index in [0.29, 0.717) is 0 Å². The Balaban J connectivity index is 2.34. The predicted molar refractivity (Wildman–Crippen MR) is 62.1 cm³/mol. The van der Waals surface area contributed by atoms with Gasteiger partial charge in [0, 0.05) is 5.75 Å². The lowest BCUT2D eigenvalue weighted by Crippen LogP contribution is -2.02. The van der Waals surface area contributed by atoms with Crippen molar-refractivity contribution in [2.45, 2.75) is 6.42 Å². The maximum atomic E-state index is 12.9. The second-order valence-electron chi connectivity index (χ2n) is 3.09. The molecule has 0 saturated heterocycles. The molecule has 1 aromatic carbocycles. The van der Waals surface area contributed by atoms with E-state index in [1.165, 1.54) is 23.5 Å². The molecule has 0 atom stereocenters. The lowest BCUT2D eigenvalue weighted by Gasteiger charge is -1.89. The van der Waals surface area contributed by atoms with Gasteiger partial charge in [-0.2, -0.15) is 12.6 Å². The summed E-state index contributed by atoms with van der Waals surface area (Å²) in [5.41, 5.74) is 0.739. The van der Waals surface area contributed by atoms with Gasteiger partial charge in [-0.25, -0.2) is 9.37 Å². The molecule has 2 aromatic rings. The van der Waals surface area contributed by atoms with Crippen molar-refractivity contribution in [1.29, 1.82) is 0 Å². The number of thiazole rings is 1. The normalized spacial score (nSPS) is 10.8. The molecule has 0 aliphatic rings. The van der Waals surface area contributed by atoms with E-state index in [1.54, 1.807) is 6.07 Å². The Bertz CT molecular complexity index is 509. The van der Waals surface area contributed by atoms with Crippen molar-refractivity contribution in [2.24, 2.45) is 0 Å². The van der Waals surface area contributed by atoms with Crippen molar-refractivity contribution in [3.63, 3.8) is 0 Å². The Kier molecular flexibility index (Phi) is 3.02. The maximum Gasteiger partial charge on any atom is 0.149 e. The summed E-state index contributed by atoms with van der Waals surface area (Å²) in [7, 11) is 0. The smallest absolute Gasteiger partial charge is 0.149 e. The number of carbonyl (C=O) groups is 1. The summed E-state index contributed by atoms with van der Waals surface area (Å²) in [6.45, 7) is 0. The fraction of sp³-hybridized carbons (Fsp3) is 0.200. The molecule has 1 heterocycles. The standard InChI is InChI=1S/C10H8FNOS2/c11-6-1-2-8-9(3-6)15-10(12-8)4-7(13)5-14/h1-3,14H,4-5H2. The highest BCUT2D eigenvalue weighted by Crippen LogP contribution is 2.23. The number of carbonyl (C=O) groups excluding carboxylic acids is 1. The van der Waals surface area contributed by atoms with Crippen LogP contribution in [0.15, 0.2) is 18.2 Å². The SMILES string of the molecule is O=C(CS)Cc1nc2ccc(F)cc2s1. The summed E-state index contributed by atoms with van der Waals surface area (Å²) in [6, 6.07) is 4.42. The first-order valence-electron chi connectivity index (χ1n) is 4.36. The molecule has 0 unspecified atom stereocenters. The summed E-state index contributed by atoms with van der Waals surface area (Å²) >= 11 is 5.24. The molecule has 0 spiro atoms. The Hall–Kier alpha value is -0.940. The van der Waals surface area contributed by atoms with Crippen LogP contribution >= 0.6 is 24.0 Å². The molecular formula is C10H8FNOS2. The monoisotopic (exact) mass is 241 g/mol. The molecule has 0 amide bonds. The van der Waals surface area contributed by atoms with Crippen molar-refractivity contribution in [3.05, 3.63) is 29.0 Å². The number of nitrogens with zero attached hydrogens (tertiary/aromatic N) is 1. The number of thiol groups is 1. The number of hydrogen-bond donors (Lipinski definition) is 1. The summed E-state index contributed by atoms with van der Waals surface area (Å²) in [5, 5.41) is 0.717. The number of aromatic nitrogens is 1. The van der Waals surface area contributed by atoms with E-state index in [1.807, 2.05) is 0 Å². The Morgan fingerprint density at radius 2 is 2.33 bits per heavy atom. The molecule has 1 aromatic heterocycles. The van der Waals surface area contributed by atoms with Crippen molar-refractivity contribution < 1.29 is 9.18 Å². The fourth-order valence-electron chi connectivity index (χ4n) is 1.25. The second kappa shape index (κ2) is 4.28. The van der Waals surface area contributed by atoms with E-state index in [0.717, 1.165) is 15.2 Å². The van der Waals surface area contributed by atoms with Gasteiger partial charge in [0.05, 0.1) is 16.6 Å². The number of benzene rings is 1. The van der Waals surface area contributed by atoms with Gasteiger partial charge in [0.2, 0.25) is 0 Å². The number of rotatable bonds is 3. The average molecular weight is 241 g/mol. The molecule has 2 nitrogen and oxygen atoms in total. The lowest BCUT2D eigenvalue weighted by atomic mass is 10.3. The maximum absolute atomic E-state index is 12.9. The van der Waals surface area contributed by atoms with Crippen LogP contribution in [0, 0.1) is 5.82 Å². The van der Waals surface area contributed by atoms with Crippen LogP contribution in [0.25, 0.3) is 10.2 Å². The zero-order valence-electron chi connectivity index (χ0n) is 7.74. The number of hydrogen-bond acceptors (Lipinski definition) is 4. The van der Waals surface area contributed by atoms with Crippen LogP contribution in [0.1, 0.15) is 5.01 Å². The van der Waals surface area contributed by atoms with Crippen LogP contribution in [0.2, 0.25) is 0 Å². The first-order chi connectivity index (χ1) is 7.19. The molecule has 0 bridgehead atoms. The molecule has 0 fully saturated rings. The first kappa shape index (κ1) is 10.6. The molecular weight excluding hydrogens is 233 g/mol. The molecule has 0 radical (unpaired) electrons. The number of ketones is 1. The predicted octanol–water partition coefficient (Wildman–Crippen LogP) is 2.48. The molecule has 2 rings (SSSR count). The van der Waals surface area contributed by atoms with Gasteiger partial charge in [0.15, 0.2) is 0 Å². The Labute approximate surface area is 95.6 Å². The van der Waals surface area contributed by atoms with E-state index in [4.69, 9.17) is 0 Å². The van der Waals surface area contributed by atoms with Crippen molar-refractivity contribution >= 4 is 40.0 Å². The third kappa shape index (κ3) is 2.35. The van der Waals surface area contributed by atoms with E-state index in [2.05, 4.69) is 17.6 Å². The van der Waals surface area contributed by atoms with Crippen molar-refractivity contribution in [1.82, 2.24) is 4.98 Å². The molecule has 0 saturated carbocycles. The Morgan fingerprint density at radius 3 is 3.07 bits per heavy atom.